The van der Waals surface area contributed by atoms with Crippen molar-refractivity contribution in [2.45, 2.75) is 25.2 Å². The number of hydrogen-bond acceptors (Lipinski definition) is 2. The molecular weight excluding hydrogens is 330 g/mol. The molecule has 0 bridgehead atoms. The maximum absolute atomic E-state index is 11.5. The van der Waals surface area contributed by atoms with Crippen molar-refractivity contribution in [1.82, 2.24) is 0 Å². The number of hydrogen-bond donors (Lipinski definition) is 1. The molecule has 2 aromatic carbocycles. The fourth-order valence-electron chi connectivity index (χ4n) is 3.22. The first-order chi connectivity index (χ1) is 11.9. The molecule has 0 aliphatic heterocycles. The molecule has 0 radical (unpaired) electrons. The van der Waals surface area contributed by atoms with Gasteiger partial charge >= 0.3 is 0 Å². The van der Waals surface area contributed by atoms with E-state index in [1.165, 1.54) is 0 Å². The number of aryl methyl sites for hydroxylation is 1. The highest BCUT2D eigenvalue weighted by atomic mass is 32.2. The fraction of sp³-hybridized carbons (Fsp3) is 0.190. The van der Waals surface area contributed by atoms with Gasteiger partial charge in [0.05, 0.1) is 6.42 Å². The molecule has 2 aromatic rings. The molecular formula is C21H21NO2S. The van der Waals surface area contributed by atoms with E-state index in [1.807, 2.05) is 38.1 Å². The van der Waals surface area contributed by atoms with E-state index >= 15 is 0 Å². The Morgan fingerprint density at radius 3 is 2.40 bits per heavy atom. The first-order valence-electron chi connectivity index (χ1n) is 8.12. The Kier molecular flexibility index (Phi) is 4.84. The van der Waals surface area contributed by atoms with Gasteiger partial charge in [0, 0.05) is 0 Å². The molecule has 1 aliphatic rings. The van der Waals surface area contributed by atoms with Gasteiger partial charge in [-0.25, -0.2) is 0 Å². The number of primary amides is 1. The molecule has 1 unspecified atom stereocenters. The summed E-state index contributed by atoms with van der Waals surface area (Å²) in [6.07, 6.45) is 4.03. The number of benzene rings is 2. The number of rotatable bonds is 4. The molecule has 0 saturated carbocycles. The van der Waals surface area contributed by atoms with Gasteiger partial charge in [-0.1, -0.05) is 23.8 Å². The van der Waals surface area contributed by atoms with Crippen molar-refractivity contribution in [1.29, 1.82) is 0 Å². The smallest absolute Gasteiger partial charge is 0.221 e. The first kappa shape index (κ1) is 17.5. The monoisotopic (exact) mass is 351 g/mol. The SMILES string of the molecule is CC1=C(CC(N)=O)c2cc(C)ccc2/C1=C\c1ccc([S+](C)[O-])cc1. The zero-order valence-corrected chi connectivity index (χ0v) is 15.4. The van der Waals surface area contributed by atoms with Crippen LogP contribution in [0.5, 0.6) is 0 Å². The molecule has 3 nitrogen and oxygen atoms in total. The van der Waals surface area contributed by atoms with Crippen molar-refractivity contribution in [3.63, 3.8) is 0 Å². The van der Waals surface area contributed by atoms with Crippen LogP contribution in [0.4, 0.5) is 0 Å². The molecule has 128 valence electrons. The molecule has 1 amide bonds. The highest BCUT2D eigenvalue weighted by Gasteiger charge is 2.24. The van der Waals surface area contributed by atoms with Crippen molar-refractivity contribution >= 4 is 34.3 Å². The summed E-state index contributed by atoms with van der Waals surface area (Å²) < 4.78 is 11.5. The number of carbonyl (C=O) groups is 1. The highest BCUT2D eigenvalue weighted by Crippen LogP contribution is 2.43. The lowest BCUT2D eigenvalue weighted by Gasteiger charge is -2.07. The summed E-state index contributed by atoms with van der Waals surface area (Å²) in [6.45, 7) is 4.08. The second-order valence-electron chi connectivity index (χ2n) is 6.38. The van der Waals surface area contributed by atoms with Gasteiger partial charge in [0.25, 0.3) is 0 Å². The Morgan fingerprint density at radius 1 is 1.12 bits per heavy atom. The normalized spacial score (nSPS) is 16.2. The summed E-state index contributed by atoms with van der Waals surface area (Å²) in [5.41, 5.74) is 13.1. The van der Waals surface area contributed by atoms with Gasteiger partial charge in [0.1, 0.15) is 6.26 Å². The average Bonchev–Trinajstić information content (AvgIpc) is 2.80. The summed E-state index contributed by atoms with van der Waals surface area (Å²) in [5.74, 6) is -0.321. The molecule has 25 heavy (non-hydrogen) atoms. The molecule has 1 aliphatic carbocycles. The van der Waals surface area contributed by atoms with E-state index in [0.29, 0.717) is 0 Å². The Morgan fingerprint density at radius 2 is 1.80 bits per heavy atom. The molecule has 0 heterocycles. The van der Waals surface area contributed by atoms with E-state index in [2.05, 4.69) is 24.3 Å². The van der Waals surface area contributed by atoms with Crippen LogP contribution in [0.3, 0.4) is 0 Å². The van der Waals surface area contributed by atoms with Gasteiger partial charge in [-0.05, 0) is 88.8 Å². The Hall–Kier alpha value is -2.30. The maximum atomic E-state index is 11.5. The number of allylic oxidation sites excluding steroid dienone is 2. The lowest BCUT2D eigenvalue weighted by Crippen LogP contribution is -2.10. The summed E-state index contributed by atoms with van der Waals surface area (Å²) in [6, 6.07) is 14.0. The molecule has 1 atom stereocenters. The van der Waals surface area contributed by atoms with Crippen LogP contribution >= 0.6 is 0 Å². The predicted octanol–water partition coefficient (Wildman–Crippen LogP) is 3.94. The number of nitrogens with two attached hydrogens (primary N) is 1. The van der Waals surface area contributed by atoms with E-state index in [4.69, 9.17) is 5.73 Å². The molecule has 0 spiro atoms. The van der Waals surface area contributed by atoms with Crippen LogP contribution in [-0.2, 0) is 16.0 Å². The third-order valence-corrected chi connectivity index (χ3v) is 5.46. The Balaban J connectivity index is 2.09. The van der Waals surface area contributed by atoms with Gasteiger partial charge < -0.3 is 10.3 Å². The van der Waals surface area contributed by atoms with Gasteiger partial charge in [-0.3, -0.25) is 4.79 Å². The minimum absolute atomic E-state index is 0.243. The van der Waals surface area contributed by atoms with E-state index in [0.717, 1.165) is 43.9 Å². The van der Waals surface area contributed by atoms with Gasteiger partial charge in [-0.15, -0.1) is 0 Å². The van der Waals surface area contributed by atoms with Crippen molar-refractivity contribution in [3.05, 3.63) is 70.3 Å². The fourth-order valence-corrected chi connectivity index (χ4v) is 3.74. The topological polar surface area (TPSA) is 66.2 Å². The van der Waals surface area contributed by atoms with Crippen molar-refractivity contribution in [2.24, 2.45) is 5.73 Å². The van der Waals surface area contributed by atoms with Gasteiger partial charge in [-0.2, -0.15) is 0 Å². The first-order valence-corrected chi connectivity index (χ1v) is 9.67. The summed E-state index contributed by atoms with van der Waals surface area (Å²) in [4.78, 5) is 12.3. The third-order valence-electron chi connectivity index (χ3n) is 4.52. The predicted molar refractivity (Wildman–Crippen MR) is 104 cm³/mol. The molecule has 0 fully saturated rings. The highest BCUT2D eigenvalue weighted by molar-refractivity contribution is 7.90. The van der Waals surface area contributed by atoms with Crippen LogP contribution in [0.2, 0.25) is 0 Å². The third kappa shape index (κ3) is 3.55. The summed E-state index contributed by atoms with van der Waals surface area (Å²) in [5, 5.41) is 0. The van der Waals surface area contributed by atoms with Crippen molar-refractivity contribution in [3.8, 4) is 0 Å². The van der Waals surface area contributed by atoms with Crippen molar-refractivity contribution < 1.29 is 9.35 Å². The summed E-state index contributed by atoms with van der Waals surface area (Å²) >= 11 is -0.981. The maximum Gasteiger partial charge on any atom is 0.221 e. The lowest BCUT2D eigenvalue weighted by molar-refractivity contribution is -0.117. The van der Waals surface area contributed by atoms with Crippen LogP contribution in [-0.4, -0.2) is 16.7 Å². The Bertz CT molecular complexity index is 893. The lowest BCUT2D eigenvalue weighted by atomic mass is 9.99. The average molecular weight is 351 g/mol. The minimum atomic E-state index is -0.981. The molecule has 4 heteroatoms. The molecule has 0 aromatic heterocycles. The molecule has 2 N–H and O–H groups in total. The number of amides is 1. The van der Waals surface area contributed by atoms with E-state index < -0.39 is 11.2 Å². The summed E-state index contributed by atoms with van der Waals surface area (Å²) in [7, 11) is 0. The zero-order chi connectivity index (χ0) is 18.1. The number of carbonyl (C=O) groups excluding carboxylic acids is 1. The van der Waals surface area contributed by atoms with Crippen molar-refractivity contribution in [2.75, 3.05) is 6.26 Å². The van der Waals surface area contributed by atoms with E-state index in [1.54, 1.807) is 6.26 Å². The van der Waals surface area contributed by atoms with Crippen LogP contribution in [0, 0.1) is 6.92 Å². The minimum Gasteiger partial charge on any atom is -0.612 e. The zero-order valence-electron chi connectivity index (χ0n) is 14.6. The second-order valence-corrected chi connectivity index (χ2v) is 7.76. The second kappa shape index (κ2) is 6.90. The molecule has 0 saturated heterocycles. The van der Waals surface area contributed by atoms with Gasteiger partial charge in [0.2, 0.25) is 5.91 Å². The quantitative estimate of drug-likeness (QED) is 0.848. The van der Waals surface area contributed by atoms with Crippen LogP contribution in [0.1, 0.15) is 35.6 Å². The Labute approximate surface area is 151 Å². The van der Waals surface area contributed by atoms with E-state index in [9.17, 15) is 9.35 Å². The van der Waals surface area contributed by atoms with Gasteiger partial charge in [0.15, 0.2) is 4.90 Å². The molecule has 3 rings (SSSR count). The van der Waals surface area contributed by atoms with Crippen LogP contribution in [0.15, 0.2) is 52.9 Å². The van der Waals surface area contributed by atoms with E-state index in [-0.39, 0.29) is 12.3 Å². The standard InChI is InChI=1S/C21H21NO2S/c1-13-4-9-17-18(11-15-5-7-16(8-6-15)25(3)24)14(2)19(12-21(22)23)20(17)10-13/h4-11H,12H2,1-3H3,(H2,22,23)/b18-11-. The van der Waals surface area contributed by atoms with Crippen LogP contribution in [0.25, 0.3) is 17.2 Å². The largest absolute Gasteiger partial charge is 0.612 e. The van der Waals surface area contributed by atoms with Crippen LogP contribution < -0.4 is 5.73 Å². The number of fused-ring (bicyclic) bond motifs is 1.